The van der Waals surface area contributed by atoms with Crippen molar-refractivity contribution in [2.75, 3.05) is 5.32 Å². The van der Waals surface area contributed by atoms with E-state index in [1.807, 2.05) is 6.07 Å². The number of rotatable bonds is 4. The Kier molecular flexibility index (Phi) is 4.97. The van der Waals surface area contributed by atoms with Crippen molar-refractivity contribution in [3.63, 3.8) is 0 Å². The zero-order chi connectivity index (χ0) is 16.2. The summed E-state index contributed by atoms with van der Waals surface area (Å²) >= 11 is 5.85. The van der Waals surface area contributed by atoms with Crippen LogP contribution in [0.5, 0.6) is 0 Å². The molecule has 0 bridgehead atoms. The lowest BCUT2D eigenvalue weighted by Gasteiger charge is -2.03. The van der Waals surface area contributed by atoms with Crippen LogP contribution >= 0.6 is 11.6 Å². The Labute approximate surface area is 133 Å². The second-order valence-corrected chi connectivity index (χ2v) is 6.44. The normalized spacial score (nSPS) is 11.5. The fourth-order valence-corrected chi connectivity index (χ4v) is 2.41. The number of hydrogen-bond acceptors (Lipinski definition) is 3. The number of benzene rings is 2. The Morgan fingerprint density at radius 1 is 1.14 bits per heavy atom. The molecule has 0 heterocycles. The summed E-state index contributed by atoms with van der Waals surface area (Å²) in [5.74, 6) is -0.344. The number of nitrogens with two attached hydrogens (primary N) is 1. The molecule has 0 fully saturated rings. The smallest absolute Gasteiger partial charge is 0.248 e. The molecule has 0 atom stereocenters. The van der Waals surface area contributed by atoms with E-state index in [4.69, 9.17) is 16.7 Å². The monoisotopic (exact) mass is 336 g/mol. The average Bonchev–Trinajstić information content (AvgIpc) is 2.45. The molecule has 0 aliphatic heterocycles. The SMILES string of the molecule is NS(=O)(=O)c1ccc(NC(=O)/C=C/c2cccc(Cl)c2)cc1. The molecule has 3 N–H and O–H groups in total. The molecule has 0 radical (unpaired) electrons. The molecular formula is C15H13ClN2O3S. The minimum absolute atomic E-state index is 0.0139. The van der Waals surface area contributed by atoms with E-state index < -0.39 is 10.0 Å². The summed E-state index contributed by atoms with van der Waals surface area (Å²) in [5.41, 5.74) is 1.26. The van der Waals surface area contributed by atoms with Gasteiger partial charge in [-0.1, -0.05) is 23.7 Å². The molecule has 0 saturated carbocycles. The number of primary sulfonamides is 1. The first kappa shape index (κ1) is 16.2. The topological polar surface area (TPSA) is 89.3 Å². The van der Waals surface area contributed by atoms with E-state index in [1.54, 1.807) is 24.3 Å². The zero-order valence-electron chi connectivity index (χ0n) is 11.4. The van der Waals surface area contributed by atoms with Crippen molar-refractivity contribution in [2.45, 2.75) is 4.90 Å². The van der Waals surface area contributed by atoms with E-state index in [-0.39, 0.29) is 10.8 Å². The summed E-state index contributed by atoms with van der Waals surface area (Å²) < 4.78 is 22.2. The Bertz CT molecular complexity index is 815. The lowest BCUT2D eigenvalue weighted by molar-refractivity contribution is -0.111. The van der Waals surface area contributed by atoms with Crippen LogP contribution in [-0.4, -0.2) is 14.3 Å². The van der Waals surface area contributed by atoms with Crippen LogP contribution < -0.4 is 10.5 Å². The summed E-state index contributed by atoms with van der Waals surface area (Å²) in [6, 6.07) is 12.6. The van der Waals surface area contributed by atoms with Gasteiger partial charge in [-0.3, -0.25) is 4.79 Å². The highest BCUT2D eigenvalue weighted by Gasteiger charge is 2.07. The fourth-order valence-electron chi connectivity index (χ4n) is 1.69. The summed E-state index contributed by atoms with van der Waals surface area (Å²) in [4.78, 5) is 11.8. The molecule has 2 aromatic rings. The van der Waals surface area contributed by atoms with Crippen molar-refractivity contribution in [2.24, 2.45) is 5.14 Å². The molecule has 0 saturated heterocycles. The van der Waals surface area contributed by atoms with Crippen molar-refractivity contribution < 1.29 is 13.2 Å². The number of amides is 1. The fraction of sp³-hybridized carbons (Fsp3) is 0. The Balaban J connectivity index is 2.03. The van der Waals surface area contributed by atoms with Crippen LogP contribution in [-0.2, 0) is 14.8 Å². The largest absolute Gasteiger partial charge is 0.323 e. The van der Waals surface area contributed by atoms with Crippen molar-refractivity contribution >= 4 is 39.3 Å². The van der Waals surface area contributed by atoms with Crippen LogP contribution in [0.4, 0.5) is 5.69 Å². The standard InChI is InChI=1S/C15H13ClN2O3S/c16-12-3-1-2-11(10-12)4-9-15(19)18-13-5-7-14(8-6-13)22(17,20)21/h1-10H,(H,18,19)(H2,17,20,21)/b9-4+. The van der Waals surface area contributed by atoms with E-state index in [0.717, 1.165) is 5.56 Å². The first-order valence-corrected chi connectivity index (χ1v) is 8.14. The predicted molar refractivity (Wildman–Crippen MR) is 86.9 cm³/mol. The molecule has 5 nitrogen and oxygen atoms in total. The zero-order valence-corrected chi connectivity index (χ0v) is 12.9. The number of sulfonamides is 1. The van der Waals surface area contributed by atoms with E-state index >= 15 is 0 Å². The summed E-state index contributed by atoms with van der Waals surface area (Å²) in [6.45, 7) is 0. The van der Waals surface area contributed by atoms with Gasteiger partial charge in [-0.15, -0.1) is 0 Å². The van der Waals surface area contributed by atoms with Gasteiger partial charge in [-0.2, -0.15) is 0 Å². The Morgan fingerprint density at radius 2 is 1.82 bits per heavy atom. The van der Waals surface area contributed by atoms with Crippen molar-refractivity contribution in [3.05, 3.63) is 65.2 Å². The number of anilines is 1. The predicted octanol–water partition coefficient (Wildman–Crippen LogP) is 2.64. The number of carbonyl (C=O) groups excluding carboxylic acids is 1. The maximum absolute atomic E-state index is 11.8. The minimum Gasteiger partial charge on any atom is -0.323 e. The number of carbonyl (C=O) groups is 1. The van der Waals surface area contributed by atoms with E-state index in [1.165, 1.54) is 30.3 Å². The molecule has 0 aliphatic carbocycles. The molecule has 0 spiro atoms. The van der Waals surface area contributed by atoms with Crippen LogP contribution in [0.2, 0.25) is 5.02 Å². The van der Waals surface area contributed by atoms with E-state index in [9.17, 15) is 13.2 Å². The molecule has 0 aliphatic rings. The van der Waals surface area contributed by atoms with Gasteiger partial charge in [0.1, 0.15) is 0 Å². The van der Waals surface area contributed by atoms with Crippen LogP contribution in [0, 0.1) is 0 Å². The molecule has 0 aromatic heterocycles. The van der Waals surface area contributed by atoms with Crippen LogP contribution in [0.1, 0.15) is 5.56 Å². The maximum atomic E-state index is 11.8. The first-order valence-electron chi connectivity index (χ1n) is 6.22. The average molecular weight is 337 g/mol. The van der Waals surface area contributed by atoms with Gasteiger partial charge in [0.15, 0.2) is 0 Å². The summed E-state index contributed by atoms with van der Waals surface area (Å²) in [6.07, 6.45) is 2.99. The number of halogens is 1. The second-order valence-electron chi connectivity index (χ2n) is 4.45. The van der Waals surface area contributed by atoms with Crippen molar-refractivity contribution in [1.82, 2.24) is 0 Å². The Morgan fingerprint density at radius 3 is 2.41 bits per heavy atom. The van der Waals surface area contributed by atoms with E-state index in [2.05, 4.69) is 5.32 Å². The molecule has 1 amide bonds. The van der Waals surface area contributed by atoms with Gasteiger partial charge in [-0.25, -0.2) is 13.6 Å². The van der Waals surface area contributed by atoms with Gasteiger partial charge < -0.3 is 5.32 Å². The highest BCUT2D eigenvalue weighted by atomic mass is 35.5. The second kappa shape index (κ2) is 6.74. The molecule has 7 heteroatoms. The molecule has 0 unspecified atom stereocenters. The maximum Gasteiger partial charge on any atom is 0.248 e. The third kappa shape index (κ3) is 4.70. The van der Waals surface area contributed by atoms with Gasteiger partial charge >= 0.3 is 0 Å². The van der Waals surface area contributed by atoms with Gasteiger partial charge in [0.05, 0.1) is 4.90 Å². The lowest BCUT2D eigenvalue weighted by Crippen LogP contribution is -2.12. The summed E-state index contributed by atoms with van der Waals surface area (Å²) in [7, 11) is -3.74. The molecular weight excluding hydrogens is 324 g/mol. The quantitative estimate of drug-likeness (QED) is 0.841. The van der Waals surface area contributed by atoms with E-state index in [0.29, 0.717) is 10.7 Å². The number of nitrogens with one attached hydrogen (secondary N) is 1. The third-order valence-corrected chi connectivity index (χ3v) is 3.89. The van der Waals surface area contributed by atoms with Crippen molar-refractivity contribution in [3.8, 4) is 0 Å². The lowest BCUT2D eigenvalue weighted by atomic mass is 10.2. The van der Waals surface area contributed by atoms with Gasteiger partial charge in [-0.05, 0) is 48.0 Å². The van der Waals surface area contributed by atoms with Gasteiger partial charge in [0.2, 0.25) is 15.9 Å². The Hall–Kier alpha value is -2.15. The first-order chi connectivity index (χ1) is 10.3. The van der Waals surface area contributed by atoms with Crippen LogP contribution in [0.15, 0.2) is 59.5 Å². The van der Waals surface area contributed by atoms with Crippen LogP contribution in [0.3, 0.4) is 0 Å². The molecule has 2 rings (SSSR count). The van der Waals surface area contributed by atoms with Crippen LogP contribution in [0.25, 0.3) is 6.08 Å². The minimum atomic E-state index is -3.74. The van der Waals surface area contributed by atoms with Gasteiger partial charge in [0, 0.05) is 16.8 Å². The number of hydrogen-bond donors (Lipinski definition) is 2. The molecule has 22 heavy (non-hydrogen) atoms. The van der Waals surface area contributed by atoms with Crippen molar-refractivity contribution in [1.29, 1.82) is 0 Å². The highest BCUT2D eigenvalue weighted by Crippen LogP contribution is 2.14. The summed E-state index contributed by atoms with van der Waals surface area (Å²) in [5, 5.41) is 8.19. The van der Waals surface area contributed by atoms with Gasteiger partial charge in [0.25, 0.3) is 0 Å². The highest BCUT2D eigenvalue weighted by molar-refractivity contribution is 7.89. The third-order valence-electron chi connectivity index (χ3n) is 2.73. The molecule has 2 aromatic carbocycles. The molecule has 114 valence electrons.